The lowest BCUT2D eigenvalue weighted by atomic mass is 10.1. The van der Waals surface area contributed by atoms with Crippen LogP contribution in [0.4, 0.5) is 0 Å². The zero-order chi connectivity index (χ0) is 10.7. The van der Waals surface area contributed by atoms with Crippen LogP contribution in [0.2, 0.25) is 0 Å². The summed E-state index contributed by atoms with van der Waals surface area (Å²) in [6, 6.07) is 5.32. The minimum absolute atomic E-state index is 0.0851. The van der Waals surface area contributed by atoms with Gasteiger partial charge in [0.1, 0.15) is 0 Å². The molecule has 15 heavy (non-hydrogen) atoms. The van der Waals surface area contributed by atoms with E-state index in [0.717, 1.165) is 11.3 Å². The standard InChI is InChI=1S/C12H11NO2/c1-9-6-11(2-4-13-9)12(14)7-10-3-5-15-8-10/h2-6,8H,7H2,1H3. The summed E-state index contributed by atoms with van der Waals surface area (Å²) in [5, 5.41) is 0. The van der Waals surface area contributed by atoms with Gasteiger partial charge in [-0.2, -0.15) is 0 Å². The second kappa shape index (κ2) is 4.09. The molecule has 76 valence electrons. The van der Waals surface area contributed by atoms with E-state index < -0.39 is 0 Å². The van der Waals surface area contributed by atoms with E-state index in [-0.39, 0.29) is 5.78 Å². The summed E-state index contributed by atoms with van der Waals surface area (Å²) >= 11 is 0. The number of hydrogen-bond acceptors (Lipinski definition) is 3. The van der Waals surface area contributed by atoms with E-state index in [1.54, 1.807) is 36.9 Å². The van der Waals surface area contributed by atoms with E-state index >= 15 is 0 Å². The maximum absolute atomic E-state index is 11.8. The molecule has 0 bridgehead atoms. The highest BCUT2D eigenvalue weighted by molar-refractivity contribution is 5.97. The highest BCUT2D eigenvalue weighted by atomic mass is 16.3. The van der Waals surface area contributed by atoms with Gasteiger partial charge in [0.05, 0.1) is 12.5 Å². The largest absolute Gasteiger partial charge is 0.472 e. The van der Waals surface area contributed by atoms with Crippen LogP contribution in [0.5, 0.6) is 0 Å². The van der Waals surface area contributed by atoms with Crippen molar-refractivity contribution in [2.45, 2.75) is 13.3 Å². The minimum atomic E-state index is 0.0851. The highest BCUT2D eigenvalue weighted by Crippen LogP contribution is 2.08. The van der Waals surface area contributed by atoms with E-state index in [1.165, 1.54) is 0 Å². The van der Waals surface area contributed by atoms with Gasteiger partial charge >= 0.3 is 0 Å². The lowest BCUT2D eigenvalue weighted by Gasteiger charge is -1.99. The fourth-order valence-electron chi connectivity index (χ4n) is 1.40. The topological polar surface area (TPSA) is 43.1 Å². The minimum Gasteiger partial charge on any atom is -0.472 e. The summed E-state index contributed by atoms with van der Waals surface area (Å²) in [6.45, 7) is 1.87. The van der Waals surface area contributed by atoms with Gasteiger partial charge in [-0.1, -0.05) is 0 Å². The zero-order valence-corrected chi connectivity index (χ0v) is 8.43. The maximum atomic E-state index is 11.8. The first-order chi connectivity index (χ1) is 7.25. The summed E-state index contributed by atoms with van der Waals surface area (Å²) in [5.74, 6) is 0.0851. The molecular weight excluding hydrogens is 190 g/mol. The number of aromatic nitrogens is 1. The molecule has 3 heteroatoms. The van der Waals surface area contributed by atoms with Crippen molar-refractivity contribution >= 4 is 5.78 Å². The predicted molar refractivity (Wildman–Crippen MR) is 55.7 cm³/mol. The monoisotopic (exact) mass is 201 g/mol. The molecular formula is C12H11NO2. The molecule has 0 fully saturated rings. The van der Waals surface area contributed by atoms with E-state index in [2.05, 4.69) is 4.98 Å². The van der Waals surface area contributed by atoms with Crippen molar-refractivity contribution in [2.75, 3.05) is 0 Å². The Morgan fingerprint density at radius 2 is 2.33 bits per heavy atom. The summed E-state index contributed by atoms with van der Waals surface area (Å²) in [4.78, 5) is 15.8. The SMILES string of the molecule is Cc1cc(C(=O)Cc2ccoc2)ccn1. The molecule has 0 aromatic carbocycles. The normalized spacial score (nSPS) is 10.2. The molecule has 0 aliphatic carbocycles. The van der Waals surface area contributed by atoms with Crippen molar-refractivity contribution in [2.24, 2.45) is 0 Å². The molecule has 0 atom stereocenters. The smallest absolute Gasteiger partial charge is 0.167 e. The molecule has 0 N–H and O–H groups in total. The van der Waals surface area contributed by atoms with Crippen LogP contribution < -0.4 is 0 Å². The Kier molecular flexibility index (Phi) is 2.63. The first-order valence-corrected chi connectivity index (χ1v) is 4.72. The van der Waals surface area contributed by atoms with Crippen LogP contribution in [0.1, 0.15) is 21.6 Å². The van der Waals surface area contributed by atoms with Crippen LogP contribution in [0.3, 0.4) is 0 Å². The van der Waals surface area contributed by atoms with Crippen molar-refractivity contribution in [3.8, 4) is 0 Å². The number of pyridine rings is 1. The summed E-state index contributed by atoms with van der Waals surface area (Å²) < 4.78 is 4.91. The van der Waals surface area contributed by atoms with Gasteiger partial charge < -0.3 is 4.42 Å². The van der Waals surface area contributed by atoms with E-state index in [1.807, 2.05) is 6.92 Å². The molecule has 0 unspecified atom stereocenters. The van der Waals surface area contributed by atoms with Gasteiger partial charge in [0.15, 0.2) is 5.78 Å². The molecule has 0 amide bonds. The molecule has 2 rings (SSSR count). The average Bonchev–Trinajstić information content (AvgIpc) is 2.70. The van der Waals surface area contributed by atoms with E-state index in [0.29, 0.717) is 12.0 Å². The quantitative estimate of drug-likeness (QED) is 0.716. The van der Waals surface area contributed by atoms with Gasteiger partial charge in [0.25, 0.3) is 0 Å². The van der Waals surface area contributed by atoms with Crippen molar-refractivity contribution in [3.63, 3.8) is 0 Å². The maximum Gasteiger partial charge on any atom is 0.167 e. The Balaban J connectivity index is 2.15. The van der Waals surface area contributed by atoms with E-state index in [4.69, 9.17) is 4.42 Å². The van der Waals surface area contributed by atoms with Gasteiger partial charge in [0.2, 0.25) is 0 Å². The summed E-state index contributed by atoms with van der Waals surface area (Å²) in [5.41, 5.74) is 2.45. The second-order valence-corrected chi connectivity index (χ2v) is 3.42. The van der Waals surface area contributed by atoms with Crippen molar-refractivity contribution in [3.05, 3.63) is 53.7 Å². The molecule has 2 aromatic heterocycles. The molecule has 2 aromatic rings. The van der Waals surface area contributed by atoms with Crippen LogP contribution in [0, 0.1) is 6.92 Å². The number of carbonyl (C=O) groups excluding carboxylic acids is 1. The number of ketones is 1. The third kappa shape index (κ3) is 2.31. The molecule has 0 spiro atoms. The number of aryl methyl sites for hydroxylation is 1. The average molecular weight is 201 g/mol. The number of carbonyl (C=O) groups is 1. The molecule has 0 aliphatic heterocycles. The predicted octanol–water partition coefficient (Wildman–Crippen LogP) is 2.41. The Labute approximate surface area is 87.8 Å². The Morgan fingerprint density at radius 3 is 3.00 bits per heavy atom. The van der Waals surface area contributed by atoms with Gasteiger partial charge in [-0.3, -0.25) is 9.78 Å². The number of nitrogens with zero attached hydrogens (tertiary/aromatic N) is 1. The Bertz CT molecular complexity index is 460. The van der Waals surface area contributed by atoms with Crippen LogP contribution in [-0.4, -0.2) is 10.8 Å². The molecule has 2 heterocycles. The highest BCUT2D eigenvalue weighted by Gasteiger charge is 2.07. The molecule has 0 radical (unpaired) electrons. The third-order valence-corrected chi connectivity index (χ3v) is 2.16. The van der Waals surface area contributed by atoms with Crippen molar-refractivity contribution < 1.29 is 9.21 Å². The zero-order valence-electron chi connectivity index (χ0n) is 8.43. The summed E-state index contributed by atoms with van der Waals surface area (Å²) in [6.07, 6.45) is 5.18. The molecule has 0 saturated heterocycles. The molecule has 3 nitrogen and oxygen atoms in total. The van der Waals surface area contributed by atoms with Crippen LogP contribution in [0.15, 0.2) is 41.3 Å². The molecule has 0 aliphatic rings. The Morgan fingerprint density at radius 1 is 1.47 bits per heavy atom. The summed E-state index contributed by atoms with van der Waals surface area (Å²) in [7, 11) is 0. The van der Waals surface area contributed by atoms with Gasteiger partial charge in [-0.25, -0.2) is 0 Å². The van der Waals surface area contributed by atoms with E-state index in [9.17, 15) is 4.79 Å². The van der Waals surface area contributed by atoms with Crippen LogP contribution in [0.25, 0.3) is 0 Å². The van der Waals surface area contributed by atoms with Crippen molar-refractivity contribution in [1.82, 2.24) is 4.98 Å². The first-order valence-electron chi connectivity index (χ1n) is 4.72. The van der Waals surface area contributed by atoms with Crippen molar-refractivity contribution in [1.29, 1.82) is 0 Å². The fourth-order valence-corrected chi connectivity index (χ4v) is 1.40. The number of rotatable bonds is 3. The number of hydrogen-bond donors (Lipinski definition) is 0. The second-order valence-electron chi connectivity index (χ2n) is 3.42. The Hall–Kier alpha value is -1.90. The molecule has 0 saturated carbocycles. The first kappa shape index (κ1) is 9.65. The van der Waals surface area contributed by atoms with Gasteiger partial charge in [-0.05, 0) is 30.7 Å². The lowest BCUT2D eigenvalue weighted by Crippen LogP contribution is -2.03. The fraction of sp³-hybridized carbons (Fsp3) is 0.167. The van der Waals surface area contributed by atoms with Gasteiger partial charge in [0, 0.05) is 23.9 Å². The van der Waals surface area contributed by atoms with Crippen LogP contribution in [-0.2, 0) is 6.42 Å². The lowest BCUT2D eigenvalue weighted by molar-refractivity contribution is 0.0992. The third-order valence-electron chi connectivity index (χ3n) is 2.16. The van der Waals surface area contributed by atoms with Gasteiger partial charge in [-0.15, -0.1) is 0 Å². The number of furan rings is 1. The van der Waals surface area contributed by atoms with Crippen LogP contribution >= 0.6 is 0 Å². The number of Topliss-reactive ketones (excluding diaryl/α,β-unsaturated/α-hetero) is 1.